The molecule has 0 aliphatic heterocycles. The second-order valence-corrected chi connectivity index (χ2v) is 6.94. The van der Waals surface area contributed by atoms with Gasteiger partial charge < -0.3 is 15.1 Å². The molecule has 0 spiro atoms. The number of amides is 2. The molecule has 0 saturated heterocycles. The number of hydrogen-bond donors (Lipinski definition) is 2. The first-order valence-electron chi connectivity index (χ1n) is 9.93. The predicted molar refractivity (Wildman–Crippen MR) is 117 cm³/mol. The maximum absolute atomic E-state index is 12.6. The highest BCUT2D eigenvalue weighted by Crippen LogP contribution is 2.18. The molecule has 2 amide bonds. The highest BCUT2D eigenvalue weighted by molar-refractivity contribution is 6.05. The molecule has 0 aliphatic rings. The summed E-state index contributed by atoms with van der Waals surface area (Å²) in [6.07, 6.45) is 3.97. The summed E-state index contributed by atoms with van der Waals surface area (Å²) < 4.78 is 8.46. The van der Waals surface area contributed by atoms with Gasteiger partial charge in [-0.15, -0.1) is 0 Å². The third-order valence-electron chi connectivity index (χ3n) is 4.66. The van der Waals surface area contributed by atoms with Gasteiger partial charge in [-0.3, -0.25) is 29.1 Å². The number of hydrogen-bond acceptors (Lipinski definition) is 7. The lowest BCUT2D eigenvalue weighted by Crippen LogP contribution is -2.17. The molecule has 0 fully saturated rings. The van der Waals surface area contributed by atoms with E-state index in [1.54, 1.807) is 47.3 Å². The van der Waals surface area contributed by atoms with Gasteiger partial charge >= 0.3 is 5.69 Å². The second-order valence-electron chi connectivity index (χ2n) is 6.94. The summed E-state index contributed by atoms with van der Waals surface area (Å²) in [5.74, 6) is -0.327. The average molecular weight is 449 g/mol. The molecule has 0 radical (unpaired) electrons. The number of nitrogens with zero attached hydrogens (tertiary/aromatic N) is 5. The molecule has 0 saturated carbocycles. The fourth-order valence-electron chi connectivity index (χ4n) is 3.12. The monoisotopic (exact) mass is 449 g/mol. The van der Waals surface area contributed by atoms with E-state index in [4.69, 9.17) is 4.42 Å². The van der Waals surface area contributed by atoms with Gasteiger partial charge in [0.1, 0.15) is 23.8 Å². The lowest BCUT2D eigenvalue weighted by atomic mass is 10.2. The summed E-state index contributed by atoms with van der Waals surface area (Å²) in [7, 11) is 0. The Labute approximate surface area is 187 Å². The molecule has 12 heteroatoms. The average Bonchev–Trinajstić information content (AvgIpc) is 3.55. The number of nitrogens with one attached hydrogen (secondary N) is 2. The van der Waals surface area contributed by atoms with E-state index < -0.39 is 10.8 Å². The Morgan fingerprint density at radius 3 is 2.55 bits per heavy atom. The van der Waals surface area contributed by atoms with Gasteiger partial charge in [0.15, 0.2) is 5.76 Å². The SMILES string of the molecule is CCn1nccc1C(=O)Nc1cccc(NC(=O)c2ccc(Cn3cc([N+](=O)[O-])cn3)o2)c1. The molecular formula is C21H19N7O5. The van der Waals surface area contributed by atoms with E-state index in [9.17, 15) is 19.7 Å². The number of benzene rings is 1. The van der Waals surface area contributed by atoms with Crippen molar-refractivity contribution < 1.29 is 18.9 Å². The van der Waals surface area contributed by atoms with Crippen molar-refractivity contribution in [2.45, 2.75) is 20.0 Å². The van der Waals surface area contributed by atoms with Crippen molar-refractivity contribution >= 4 is 28.9 Å². The number of aromatic nitrogens is 4. The van der Waals surface area contributed by atoms with Crippen LogP contribution in [-0.4, -0.2) is 36.3 Å². The van der Waals surface area contributed by atoms with Gasteiger partial charge in [0.05, 0.1) is 11.5 Å². The summed E-state index contributed by atoms with van der Waals surface area (Å²) in [6.45, 7) is 2.59. The van der Waals surface area contributed by atoms with Gasteiger partial charge in [0.2, 0.25) is 0 Å². The quantitative estimate of drug-likeness (QED) is 0.310. The Balaban J connectivity index is 1.39. The molecule has 0 atom stereocenters. The van der Waals surface area contributed by atoms with Crippen LogP contribution in [0.4, 0.5) is 17.1 Å². The Bertz CT molecular complexity index is 1320. The first-order valence-corrected chi connectivity index (χ1v) is 9.93. The molecule has 12 nitrogen and oxygen atoms in total. The smallest absolute Gasteiger partial charge is 0.307 e. The molecular weight excluding hydrogens is 430 g/mol. The fraction of sp³-hybridized carbons (Fsp3) is 0.143. The van der Waals surface area contributed by atoms with Crippen LogP contribution in [0.1, 0.15) is 33.7 Å². The molecule has 0 unspecified atom stereocenters. The van der Waals surface area contributed by atoms with Gasteiger partial charge in [-0.25, -0.2) is 0 Å². The summed E-state index contributed by atoms with van der Waals surface area (Å²) >= 11 is 0. The molecule has 3 heterocycles. The zero-order valence-electron chi connectivity index (χ0n) is 17.5. The topological polar surface area (TPSA) is 150 Å². The minimum absolute atomic E-state index is 0.0629. The van der Waals surface area contributed by atoms with Crippen LogP contribution in [0.25, 0.3) is 0 Å². The van der Waals surface area contributed by atoms with Crippen molar-refractivity contribution in [2.75, 3.05) is 10.6 Å². The van der Waals surface area contributed by atoms with Crippen molar-refractivity contribution in [1.82, 2.24) is 19.6 Å². The van der Waals surface area contributed by atoms with E-state index in [-0.39, 0.29) is 23.9 Å². The van der Waals surface area contributed by atoms with Crippen LogP contribution in [0.2, 0.25) is 0 Å². The molecule has 2 N–H and O–H groups in total. The Hall–Kier alpha value is -4.74. The van der Waals surface area contributed by atoms with E-state index >= 15 is 0 Å². The number of aryl methyl sites for hydroxylation is 1. The van der Waals surface area contributed by atoms with Gasteiger partial charge in [0, 0.05) is 24.1 Å². The first-order chi connectivity index (χ1) is 15.9. The molecule has 168 valence electrons. The highest BCUT2D eigenvalue weighted by atomic mass is 16.6. The Morgan fingerprint density at radius 1 is 1.09 bits per heavy atom. The standard InChI is InChI=1S/C21H19N7O5/c1-2-27-18(8-9-22-27)20(29)24-14-4-3-5-15(10-14)25-21(30)19-7-6-17(33-19)13-26-12-16(11-23-26)28(31)32/h3-12H,2,13H2,1H3,(H,24,29)(H,25,30). The van der Waals surface area contributed by atoms with Crippen LogP contribution >= 0.6 is 0 Å². The third kappa shape index (κ3) is 4.95. The van der Waals surface area contributed by atoms with Crippen LogP contribution in [0.5, 0.6) is 0 Å². The molecule has 0 bridgehead atoms. The summed E-state index contributed by atoms with van der Waals surface area (Å²) in [5, 5.41) is 24.2. The normalized spacial score (nSPS) is 10.7. The van der Waals surface area contributed by atoms with Gasteiger partial charge in [0.25, 0.3) is 11.8 Å². The van der Waals surface area contributed by atoms with E-state index in [2.05, 4.69) is 20.8 Å². The molecule has 3 aromatic heterocycles. The van der Waals surface area contributed by atoms with Gasteiger partial charge in [-0.2, -0.15) is 10.2 Å². The molecule has 0 aliphatic carbocycles. The zero-order chi connectivity index (χ0) is 23.4. The van der Waals surface area contributed by atoms with Crippen LogP contribution < -0.4 is 10.6 Å². The minimum atomic E-state index is -0.542. The van der Waals surface area contributed by atoms with Gasteiger partial charge in [-0.05, 0) is 43.3 Å². The number of anilines is 2. The number of nitro groups is 1. The fourth-order valence-corrected chi connectivity index (χ4v) is 3.12. The second kappa shape index (κ2) is 9.18. The van der Waals surface area contributed by atoms with Crippen LogP contribution in [-0.2, 0) is 13.1 Å². The van der Waals surface area contributed by atoms with Crippen LogP contribution in [0.3, 0.4) is 0 Å². The van der Waals surface area contributed by atoms with E-state index in [1.165, 1.54) is 16.9 Å². The van der Waals surface area contributed by atoms with Crippen molar-refractivity contribution in [1.29, 1.82) is 0 Å². The minimum Gasteiger partial charge on any atom is -0.454 e. The lowest BCUT2D eigenvalue weighted by Gasteiger charge is -2.09. The van der Waals surface area contributed by atoms with Crippen molar-refractivity contribution in [3.8, 4) is 0 Å². The Kier molecular flexibility index (Phi) is 5.98. The van der Waals surface area contributed by atoms with Crippen molar-refractivity contribution in [3.05, 3.63) is 88.4 Å². The summed E-state index contributed by atoms with van der Waals surface area (Å²) in [6, 6.07) is 11.4. The number of furan rings is 1. The largest absolute Gasteiger partial charge is 0.454 e. The van der Waals surface area contributed by atoms with E-state index in [0.717, 1.165) is 6.20 Å². The third-order valence-corrected chi connectivity index (χ3v) is 4.66. The van der Waals surface area contributed by atoms with Crippen molar-refractivity contribution in [3.63, 3.8) is 0 Å². The predicted octanol–water partition coefficient (Wildman–Crippen LogP) is 3.15. The molecule has 4 aromatic rings. The van der Waals surface area contributed by atoms with Crippen LogP contribution in [0, 0.1) is 10.1 Å². The number of carbonyl (C=O) groups excluding carboxylic acids is 2. The zero-order valence-corrected chi connectivity index (χ0v) is 17.5. The molecule has 33 heavy (non-hydrogen) atoms. The Morgan fingerprint density at radius 2 is 1.85 bits per heavy atom. The van der Waals surface area contributed by atoms with Gasteiger partial charge in [-0.1, -0.05) is 6.07 Å². The highest BCUT2D eigenvalue weighted by Gasteiger charge is 2.15. The summed E-state index contributed by atoms with van der Waals surface area (Å²) in [5.41, 5.74) is 1.26. The van der Waals surface area contributed by atoms with E-state index in [0.29, 0.717) is 29.4 Å². The van der Waals surface area contributed by atoms with Crippen LogP contribution in [0.15, 0.2) is 65.5 Å². The molecule has 4 rings (SSSR count). The maximum Gasteiger partial charge on any atom is 0.307 e. The first kappa shape index (κ1) is 21.5. The molecule has 1 aromatic carbocycles. The number of rotatable bonds is 8. The van der Waals surface area contributed by atoms with Crippen molar-refractivity contribution in [2.24, 2.45) is 0 Å². The number of carbonyl (C=O) groups is 2. The maximum atomic E-state index is 12.6. The van der Waals surface area contributed by atoms with E-state index in [1.807, 2.05) is 6.92 Å². The lowest BCUT2D eigenvalue weighted by molar-refractivity contribution is -0.385. The summed E-state index contributed by atoms with van der Waals surface area (Å²) in [4.78, 5) is 35.3.